The summed E-state index contributed by atoms with van der Waals surface area (Å²) in [6.07, 6.45) is 2.28. The maximum Gasteiger partial charge on any atom is 0.225 e. The molecule has 7 nitrogen and oxygen atoms in total. The third kappa shape index (κ3) is 5.85. The van der Waals surface area contributed by atoms with Crippen molar-refractivity contribution in [3.63, 3.8) is 0 Å². The normalized spacial score (nSPS) is 19.9. The van der Waals surface area contributed by atoms with Crippen molar-refractivity contribution in [2.45, 2.75) is 45.7 Å². The van der Waals surface area contributed by atoms with Gasteiger partial charge >= 0.3 is 0 Å². The first-order valence-corrected chi connectivity index (χ1v) is 9.53. The molecule has 7 heteroatoms. The zero-order valence-electron chi connectivity index (χ0n) is 16.5. The summed E-state index contributed by atoms with van der Waals surface area (Å²) in [5, 5.41) is 2.99. The number of amides is 2. The summed E-state index contributed by atoms with van der Waals surface area (Å²) in [6, 6.07) is 5.55. The number of nitrogens with two attached hydrogens (primary N) is 1. The van der Waals surface area contributed by atoms with Gasteiger partial charge in [0, 0.05) is 38.2 Å². The maximum absolute atomic E-state index is 12.7. The first-order chi connectivity index (χ1) is 13.0. The molecule has 150 valence electrons. The summed E-state index contributed by atoms with van der Waals surface area (Å²) in [5.41, 5.74) is 6.90. The Morgan fingerprint density at radius 2 is 2.07 bits per heavy atom. The van der Waals surface area contributed by atoms with Crippen LogP contribution in [0.5, 0.6) is 11.5 Å². The molecule has 2 amide bonds. The van der Waals surface area contributed by atoms with Crippen molar-refractivity contribution in [1.82, 2.24) is 10.2 Å². The minimum atomic E-state index is -0.256. The number of rotatable bonds is 7. The van der Waals surface area contributed by atoms with Crippen LogP contribution in [-0.2, 0) is 16.1 Å². The minimum absolute atomic E-state index is 0.0480. The molecule has 0 bridgehead atoms. The molecule has 1 heterocycles. The lowest BCUT2D eigenvalue weighted by molar-refractivity contribution is -0.131. The molecule has 0 aliphatic carbocycles. The highest BCUT2D eigenvalue weighted by Crippen LogP contribution is 2.31. The van der Waals surface area contributed by atoms with E-state index in [1.54, 1.807) is 12.0 Å². The summed E-state index contributed by atoms with van der Waals surface area (Å²) < 4.78 is 11.2. The molecule has 0 aromatic heterocycles. The van der Waals surface area contributed by atoms with Crippen LogP contribution in [0.1, 0.15) is 38.7 Å². The highest BCUT2D eigenvalue weighted by molar-refractivity contribution is 5.80. The number of nitrogens with zero attached hydrogens (tertiary/aromatic N) is 1. The Balaban J connectivity index is 2.05. The van der Waals surface area contributed by atoms with E-state index in [1.165, 1.54) is 6.92 Å². The summed E-state index contributed by atoms with van der Waals surface area (Å²) in [4.78, 5) is 26.2. The summed E-state index contributed by atoms with van der Waals surface area (Å²) in [7, 11) is 1.60. The third-order valence-corrected chi connectivity index (χ3v) is 4.78. The van der Waals surface area contributed by atoms with E-state index >= 15 is 0 Å². The molecular formula is C20H31N3O4. The molecule has 3 N–H and O–H groups in total. The van der Waals surface area contributed by atoms with Crippen LogP contribution < -0.4 is 20.5 Å². The molecule has 1 aromatic rings. The van der Waals surface area contributed by atoms with Gasteiger partial charge in [-0.25, -0.2) is 0 Å². The Hall–Kier alpha value is -2.28. The number of ether oxygens (including phenoxy) is 2. The van der Waals surface area contributed by atoms with Crippen molar-refractivity contribution in [2.24, 2.45) is 11.7 Å². The Labute approximate surface area is 161 Å². The number of hydrogen-bond acceptors (Lipinski definition) is 5. The molecule has 2 atom stereocenters. The van der Waals surface area contributed by atoms with Crippen LogP contribution >= 0.6 is 0 Å². The molecule has 1 fully saturated rings. The lowest BCUT2D eigenvalue weighted by Gasteiger charge is -2.23. The smallest absolute Gasteiger partial charge is 0.225 e. The number of para-hydroxylation sites is 1. The van der Waals surface area contributed by atoms with E-state index in [0.29, 0.717) is 44.2 Å². The number of hydrogen-bond donors (Lipinski definition) is 2. The van der Waals surface area contributed by atoms with Crippen LogP contribution in [0.2, 0.25) is 0 Å². The number of likely N-dealkylation sites (tertiary alicyclic amines) is 1. The monoisotopic (exact) mass is 377 g/mol. The van der Waals surface area contributed by atoms with E-state index in [0.717, 1.165) is 18.4 Å². The van der Waals surface area contributed by atoms with Crippen molar-refractivity contribution in [2.75, 3.05) is 26.8 Å². The second kappa shape index (κ2) is 10.2. The number of carbonyl (C=O) groups excluding carboxylic acids is 2. The molecule has 1 aliphatic heterocycles. The van der Waals surface area contributed by atoms with Crippen LogP contribution in [0.3, 0.4) is 0 Å². The first kappa shape index (κ1) is 21.0. The molecule has 1 aliphatic rings. The van der Waals surface area contributed by atoms with E-state index in [-0.39, 0.29) is 23.8 Å². The van der Waals surface area contributed by atoms with E-state index in [2.05, 4.69) is 5.32 Å². The van der Waals surface area contributed by atoms with E-state index in [4.69, 9.17) is 15.2 Å². The van der Waals surface area contributed by atoms with Gasteiger partial charge in [-0.15, -0.1) is 0 Å². The van der Waals surface area contributed by atoms with Crippen molar-refractivity contribution in [1.29, 1.82) is 0 Å². The van der Waals surface area contributed by atoms with Crippen molar-refractivity contribution in [3.8, 4) is 11.5 Å². The lowest BCUT2D eigenvalue weighted by Crippen LogP contribution is -2.42. The zero-order valence-corrected chi connectivity index (χ0v) is 16.5. The molecule has 1 aromatic carbocycles. The number of methoxy groups -OCH3 is 1. The summed E-state index contributed by atoms with van der Waals surface area (Å²) >= 11 is 0. The van der Waals surface area contributed by atoms with Crippen LogP contribution in [0.15, 0.2) is 18.2 Å². The fourth-order valence-corrected chi connectivity index (χ4v) is 3.25. The second-order valence-corrected chi connectivity index (χ2v) is 6.97. The fourth-order valence-electron chi connectivity index (χ4n) is 3.25. The molecule has 1 saturated heterocycles. The van der Waals surface area contributed by atoms with E-state index in [1.807, 2.05) is 25.1 Å². The Bertz CT molecular complexity index is 650. The van der Waals surface area contributed by atoms with Gasteiger partial charge in [0.25, 0.3) is 0 Å². The topological polar surface area (TPSA) is 93.9 Å². The second-order valence-electron chi connectivity index (χ2n) is 6.97. The molecule has 0 radical (unpaired) electrons. The average Bonchev–Trinajstić information content (AvgIpc) is 2.86. The van der Waals surface area contributed by atoms with Gasteiger partial charge in [-0.3, -0.25) is 9.59 Å². The summed E-state index contributed by atoms with van der Waals surface area (Å²) in [6.45, 7) is 5.39. The third-order valence-electron chi connectivity index (χ3n) is 4.78. The SMILES string of the molecule is CCCOc1c(CNC(=O)[C@@H]2CC[C@H](N)CN(C(C)=O)C2)cccc1OC. The van der Waals surface area contributed by atoms with Crippen LogP contribution in [-0.4, -0.2) is 49.6 Å². The van der Waals surface area contributed by atoms with Gasteiger partial charge in [-0.1, -0.05) is 19.1 Å². The van der Waals surface area contributed by atoms with Crippen LogP contribution in [0.25, 0.3) is 0 Å². The average molecular weight is 377 g/mol. The van der Waals surface area contributed by atoms with E-state index < -0.39 is 0 Å². The van der Waals surface area contributed by atoms with Gasteiger partial charge in [0.2, 0.25) is 11.8 Å². The highest BCUT2D eigenvalue weighted by atomic mass is 16.5. The van der Waals surface area contributed by atoms with Gasteiger partial charge in [0.15, 0.2) is 11.5 Å². The largest absolute Gasteiger partial charge is 0.493 e. The minimum Gasteiger partial charge on any atom is -0.493 e. The number of benzene rings is 1. The summed E-state index contributed by atoms with van der Waals surface area (Å²) in [5.74, 6) is 0.940. The molecular weight excluding hydrogens is 346 g/mol. The number of carbonyl (C=O) groups is 2. The first-order valence-electron chi connectivity index (χ1n) is 9.53. The van der Waals surface area contributed by atoms with Crippen LogP contribution in [0.4, 0.5) is 0 Å². The highest BCUT2D eigenvalue weighted by Gasteiger charge is 2.28. The maximum atomic E-state index is 12.7. The van der Waals surface area contributed by atoms with Gasteiger partial charge in [-0.05, 0) is 25.3 Å². The van der Waals surface area contributed by atoms with Crippen molar-refractivity contribution < 1.29 is 19.1 Å². The predicted molar refractivity (Wildman–Crippen MR) is 104 cm³/mol. The molecule has 0 saturated carbocycles. The molecule has 2 rings (SSSR count). The standard InChI is InChI=1S/C20H31N3O4/c1-4-10-27-19-15(6-5-7-18(19)26-3)11-22-20(25)16-8-9-17(21)13-23(12-16)14(2)24/h5-7,16-17H,4,8-13,21H2,1-3H3,(H,22,25)/t16-,17+/m1/s1. The Morgan fingerprint density at radius 1 is 1.30 bits per heavy atom. The Kier molecular flexibility index (Phi) is 7.91. The lowest BCUT2D eigenvalue weighted by atomic mass is 10.0. The molecule has 0 unspecified atom stereocenters. The zero-order chi connectivity index (χ0) is 19.8. The molecule has 27 heavy (non-hydrogen) atoms. The quantitative estimate of drug-likeness (QED) is 0.754. The molecule has 0 spiro atoms. The van der Waals surface area contributed by atoms with Crippen LogP contribution in [0, 0.1) is 5.92 Å². The van der Waals surface area contributed by atoms with Gasteiger partial charge in [-0.2, -0.15) is 0 Å². The van der Waals surface area contributed by atoms with Gasteiger partial charge < -0.3 is 25.4 Å². The van der Waals surface area contributed by atoms with Crippen molar-refractivity contribution in [3.05, 3.63) is 23.8 Å². The predicted octanol–water partition coefficient (Wildman–Crippen LogP) is 1.69. The van der Waals surface area contributed by atoms with Gasteiger partial charge in [0.1, 0.15) is 0 Å². The van der Waals surface area contributed by atoms with E-state index in [9.17, 15) is 9.59 Å². The fraction of sp³-hybridized carbons (Fsp3) is 0.600. The Morgan fingerprint density at radius 3 is 2.74 bits per heavy atom. The van der Waals surface area contributed by atoms with Gasteiger partial charge in [0.05, 0.1) is 19.6 Å². The number of nitrogens with one attached hydrogen (secondary N) is 1. The van der Waals surface area contributed by atoms with Crippen molar-refractivity contribution >= 4 is 11.8 Å².